The van der Waals surface area contributed by atoms with Gasteiger partial charge in [-0.1, -0.05) is 13.8 Å². The van der Waals surface area contributed by atoms with Gasteiger partial charge < -0.3 is 30.2 Å². The van der Waals surface area contributed by atoms with Gasteiger partial charge in [0.05, 0.1) is 12.1 Å². The van der Waals surface area contributed by atoms with Gasteiger partial charge in [-0.25, -0.2) is 4.79 Å². The molecule has 0 saturated carbocycles. The lowest BCUT2D eigenvalue weighted by atomic mass is 9.93. The standard InChI is InChI=1S/C23H46N4O4.HI/c1-7-23(8-2,27-21(28)31-22(4,5)6)18-26-20(24-9-3)25-13-10-14-30-17-19-11-15-29-16-12-19;/h19H,7-18H2,1-6H3,(H,27,28)(H2,24,25,26);1H. The van der Waals surface area contributed by atoms with Crippen molar-refractivity contribution < 1.29 is 19.0 Å². The molecule has 32 heavy (non-hydrogen) atoms. The molecule has 1 amide bonds. The van der Waals surface area contributed by atoms with E-state index in [9.17, 15) is 4.79 Å². The Morgan fingerprint density at radius 2 is 1.75 bits per heavy atom. The molecule has 0 atom stereocenters. The number of ether oxygens (including phenoxy) is 3. The summed E-state index contributed by atoms with van der Waals surface area (Å²) in [5.41, 5.74) is -0.957. The molecule has 0 aromatic heterocycles. The number of carbonyl (C=O) groups is 1. The molecule has 0 aromatic rings. The molecular formula is C23H47IN4O4. The summed E-state index contributed by atoms with van der Waals surface area (Å²) in [7, 11) is 0. The summed E-state index contributed by atoms with van der Waals surface area (Å²) in [4.78, 5) is 17.1. The number of nitrogens with zero attached hydrogens (tertiary/aromatic N) is 1. The summed E-state index contributed by atoms with van der Waals surface area (Å²) in [6.45, 7) is 17.1. The quantitative estimate of drug-likeness (QED) is 0.142. The predicted molar refractivity (Wildman–Crippen MR) is 141 cm³/mol. The van der Waals surface area contributed by atoms with Crippen molar-refractivity contribution in [2.75, 3.05) is 46.1 Å². The number of aliphatic imine (C=N–C) groups is 1. The molecule has 1 rings (SSSR count). The van der Waals surface area contributed by atoms with E-state index in [1.807, 2.05) is 27.7 Å². The molecule has 1 aliphatic heterocycles. The Kier molecular flexibility index (Phi) is 16.3. The molecule has 0 spiro atoms. The summed E-state index contributed by atoms with van der Waals surface area (Å²) in [6.07, 6.45) is 4.26. The van der Waals surface area contributed by atoms with E-state index < -0.39 is 17.2 Å². The number of rotatable bonds is 12. The first-order valence-electron chi connectivity index (χ1n) is 11.9. The van der Waals surface area contributed by atoms with Crippen LogP contribution in [0.15, 0.2) is 4.99 Å². The first-order chi connectivity index (χ1) is 14.7. The van der Waals surface area contributed by atoms with Crippen LogP contribution in [0, 0.1) is 5.92 Å². The number of hydrogen-bond acceptors (Lipinski definition) is 5. The topological polar surface area (TPSA) is 93.2 Å². The molecule has 8 nitrogen and oxygen atoms in total. The van der Waals surface area contributed by atoms with E-state index in [4.69, 9.17) is 19.2 Å². The lowest BCUT2D eigenvalue weighted by molar-refractivity contribution is 0.0203. The second-order valence-corrected chi connectivity index (χ2v) is 9.22. The highest BCUT2D eigenvalue weighted by atomic mass is 127. The summed E-state index contributed by atoms with van der Waals surface area (Å²) in [5, 5.41) is 9.69. The van der Waals surface area contributed by atoms with Crippen molar-refractivity contribution in [3.05, 3.63) is 0 Å². The minimum absolute atomic E-state index is 0. The van der Waals surface area contributed by atoms with Crippen molar-refractivity contribution in [2.45, 2.75) is 84.8 Å². The molecule has 0 radical (unpaired) electrons. The number of carbonyl (C=O) groups excluding carboxylic acids is 1. The first kappa shape index (κ1) is 31.2. The van der Waals surface area contributed by atoms with Crippen molar-refractivity contribution in [3.63, 3.8) is 0 Å². The van der Waals surface area contributed by atoms with Crippen molar-refractivity contribution in [1.29, 1.82) is 0 Å². The molecule has 9 heteroatoms. The van der Waals surface area contributed by atoms with E-state index >= 15 is 0 Å². The predicted octanol–water partition coefficient (Wildman–Crippen LogP) is 4.08. The maximum absolute atomic E-state index is 12.3. The van der Waals surface area contributed by atoms with Crippen LogP contribution in [0.25, 0.3) is 0 Å². The Hall–Kier alpha value is -0.810. The monoisotopic (exact) mass is 570 g/mol. The Labute approximate surface area is 212 Å². The van der Waals surface area contributed by atoms with Crippen molar-refractivity contribution in [3.8, 4) is 0 Å². The molecule has 1 fully saturated rings. The molecule has 0 bridgehead atoms. The van der Waals surface area contributed by atoms with Gasteiger partial charge in [0.2, 0.25) is 0 Å². The third-order valence-electron chi connectivity index (χ3n) is 5.46. The first-order valence-corrected chi connectivity index (χ1v) is 11.9. The van der Waals surface area contributed by atoms with Crippen molar-refractivity contribution >= 4 is 36.0 Å². The fourth-order valence-corrected chi connectivity index (χ4v) is 3.33. The number of halogens is 1. The maximum atomic E-state index is 12.3. The van der Waals surface area contributed by atoms with Gasteiger partial charge in [-0.2, -0.15) is 0 Å². The molecule has 0 unspecified atom stereocenters. The average Bonchev–Trinajstić information content (AvgIpc) is 2.72. The summed E-state index contributed by atoms with van der Waals surface area (Å²) < 4.78 is 16.7. The molecule has 0 aromatic carbocycles. The number of nitrogens with one attached hydrogen (secondary N) is 3. The Morgan fingerprint density at radius 1 is 1.09 bits per heavy atom. The second-order valence-electron chi connectivity index (χ2n) is 9.22. The van der Waals surface area contributed by atoms with Gasteiger partial charge in [0.15, 0.2) is 5.96 Å². The zero-order valence-corrected chi connectivity index (χ0v) is 23.4. The number of alkyl carbamates (subject to hydrolysis) is 1. The van der Waals surface area contributed by atoms with Crippen LogP contribution in [0.4, 0.5) is 4.79 Å². The summed E-state index contributed by atoms with van der Waals surface area (Å²) in [6, 6.07) is 0. The van der Waals surface area contributed by atoms with Gasteiger partial charge in [0, 0.05) is 39.5 Å². The van der Waals surface area contributed by atoms with Gasteiger partial charge in [0.1, 0.15) is 5.60 Å². The maximum Gasteiger partial charge on any atom is 0.408 e. The lowest BCUT2D eigenvalue weighted by Gasteiger charge is -2.32. The minimum Gasteiger partial charge on any atom is -0.444 e. The summed E-state index contributed by atoms with van der Waals surface area (Å²) in [5.74, 6) is 1.39. The molecule has 1 heterocycles. The van der Waals surface area contributed by atoms with E-state index in [-0.39, 0.29) is 24.0 Å². The van der Waals surface area contributed by atoms with E-state index in [0.29, 0.717) is 12.5 Å². The van der Waals surface area contributed by atoms with E-state index in [2.05, 4.69) is 29.8 Å². The van der Waals surface area contributed by atoms with Crippen LogP contribution >= 0.6 is 24.0 Å². The van der Waals surface area contributed by atoms with Crippen LogP contribution in [0.1, 0.15) is 73.6 Å². The molecular weight excluding hydrogens is 523 g/mol. The third-order valence-corrected chi connectivity index (χ3v) is 5.46. The van der Waals surface area contributed by atoms with Crippen LogP contribution in [0.2, 0.25) is 0 Å². The fourth-order valence-electron chi connectivity index (χ4n) is 3.33. The highest BCUT2D eigenvalue weighted by Gasteiger charge is 2.30. The van der Waals surface area contributed by atoms with Gasteiger partial charge in [-0.05, 0) is 65.7 Å². The fraction of sp³-hybridized carbons (Fsp3) is 0.913. The lowest BCUT2D eigenvalue weighted by Crippen LogP contribution is -2.52. The largest absolute Gasteiger partial charge is 0.444 e. The smallest absolute Gasteiger partial charge is 0.408 e. The molecule has 1 saturated heterocycles. The summed E-state index contributed by atoms with van der Waals surface area (Å²) >= 11 is 0. The highest BCUT2D eigenvalue weighted by molar-refractivity contribution is 14.0. The van der Waals surface area contributed by atoms with E-state index in [1.165, 1.54) is 0 Å². The Morgan fingerprint density at radius 3 is 2.31 bits per heavy atom. The number of hydrogen-bond donors (Lipinski definition) is 3. The molecule has 190 valence electrons. The number of guanidine groups is 1. The Balaban J connectivity index is 0.00000961. The second kappa shape index (κ2) is 16.7. The number of amides is 1. The van der Waals surface area contributed by atoms with Crippen LogP contribution in [-0.2, 0) is 14.2 Å². The zero-order valence-electron chi connectivity index (χ0n) is 21.1. The SMILES string of the molecule is CCNC(=NCC(CC)(CC)NC(=O)OC(C)(C)C)NCCCOCC1CCOCC1.I. The van der Waals surface area contributed by atoms with Crippen LogP contribution in [0.5, 0.6) is 0 Å². The van der Waals surface area contributed by atoms with Gasteiger partial charge >= 0.3 is 6.09 Å². The van der Waals surface area contributed by atoms with E-state index in [0.717, 1.165) is 77.6 Å². The minimum atomic E-state index is -0.524. The van der Waals surface area contributed by atoms with Gasteiger partial charge in [-0.15, -0.1) is 24.0 Å². The van der Waals surface area contributed by atoms with Crippen LogP contribution in [0.3, 0.4) is 0 Å². The van der Waals surface area contributed by atoms with Gasteiger partial charge in [0.25, 0.3) is 0 Å². The van der Waals surface area contributed by atoms with Crippen molar-refractivity contribution in [1.82, 2.24) is 16.0 Å². The van der Waals surface area contributed by atoms with Gasteiger partial charge in [-0.3, -0.25) is 4.99 Å². The average molecular weight is 571 g/mol. The van der Waals surface area contributed by atoms with Crippen LogP contribution in [-0.4, -0.2) is 69.3 Å². The molecule has 1 aliphatic rings. The van der Waals surface area contributed by atoms with Crippen molar-refractivity contribution in [2.24, 2.45) is 10.9 Å². The zero-order chi connectivity index (χ0) is 23.2. The molecule has 0 aliphatic carbocycles. The van der Waals surface area contributed by atoms with E-state index in [1.54, 1.807) is 0 Å². The third kappa shape index (κ3) is 13.7. The highest BCUT2D eigenvalue weighted by Crippen LogP contribution is 2.18. The van der Waals surface area contributed by atoms with Crippen LogP contribution < -0.4 is 16.0 Å². The Bertz CT molecular complexity index is 531. The normalized spacial score (nSPS) is 15.6. The molecule has 3 N–H and O–H groups in total.